The summed E-state index contributed by atoms with van der Waals surface area (Å²) in [5.41, 5.74) is -0.727. The van der Waals surface area contributed by atoms with Gasteiger partial charge in [0.2, 0.25) is 5.82 Å². The quantitative estimate of drug-likeness (QED) is 0.272. The van der Waals surface area contributed by atoms with Crippen molar-refractivity contribution in [3.63, 3.8) is 0 Å². The van der Waals surface area contributed by atoms with Gasteiger partial charge in [0, 0.05) is 22.3 Å². The van der Waals surface area contributed by atoms with E-state index in [1.54, 1.807) is 13.8 Å². The zero-order valence-electron chi connectivity index (χ0n) is 21.7. The van der Waals surface area contributed by atoms with Gasteiger partial charge in [0.05, 0.1) is 25.4 Å². The predicted molar refractivity (Wildman–Crippen MR) is 134 cm³/mol. The number of aliphatic hydroxyl groups is 1. The molecule has 3 aromatic rings. The summed E-state index contributed by atoms with van der Waals surface area (Å²) in [7, 11) is 0. The zero-order chi connectivity index (χ0) is 28.3. The summed E-state index contributed by atoms with van der Waals surface area (Å²) in [6.45, 7) is 3.22. The van der Waals surface area contributed by atoms with Crippen LogP contribution in [0.2, 0.25) is 0 Å². The van der Waals surface area contributed by atoms with Gasteiger partial charge in [0.25, 0.3) is 0 Å². The molecule has 3 aromatic carbocycles. The van der Waals surface area contributed by atoms with Crippen molar-refractivity contribution in [1.29, 1.82) is 0 Å². The van der Waals surface area contributed by atoms with Gasteiger partial charge < -0.3 is 14.6 Å². The Labute approximate surface area is 223 Å². The minimum absolute atomic E-state index is 0.0309. The number of hydrogen-bond acceptors (Lipinski definition) is 3. The van der Waals surface area contributed by atoms with Crippen molar-refractivity contribution in [2.75, 3.05) is 6.61 Å². The maximum atomic E-state index is 15.1. The third-order valence-corrected chi connectivity index (χ3v) is 7.28. The molecule has 0 spiro atoms. The Bertz CT molecular complexity index is 1320. The lowest BCUT2D eigenvalue weighted by Crippen LogP contribution is -2.22. The van der Waals surface area contributed by atoms with E-state index in [1.807, 2.05) is 0 Å². The van der Waals surface area contributed by atoms with Gasteiger partial charge in [-0.05, 0) is 62.6 Å². The van der Waals surface area contributed by atoms with Gasteiger partial charge in [-0.1, -0.05) is 31.2 Å². The number of halogens is 6. The molecule has 0 heterocycles. The van der Waals surface area contributed by atoms with E-state index < -0.39 is 46.6 Å². The third kappa shape index (κ3) is 5.94. The summed E-state index contributed by atoms with van der Waals surface area (Å²) in [5.74, 6) is -7.75. The van der Waals surface area contributed by atoms with Crippen LogP contribution >= 0.6 is 0 Å². The number of aliphatic hydroxyl groups excluding tert-OH is 1. The van der Waals surface area contributed by atoms with Crippen molar-refractivity contribution in [3.05, 3.63) is 88.0 Å². The molecular weight excluding hydrogens is 522 g/mol. The maximum absolute atomic E-state index is 15.1. The number of benzene rings is 3. The second-order valence-corrected chi connectivity index (χ2v) is 9.65. The lowest BCUT2D eigenvalue weighted by atomic mass is 9.82. The Morgan fingerprint density at radius 1 is 0.744 bits per heavy atom. The van der Waals surface area contributed by atoms with Crippen LogP contribution in [-0.4, -0.2) is 17.8 Å². The predicted octanol–water partition coefficient (Wildman–Crippen LogP) is 8.27. The maximum Gasteiger partial charge on any atom is 0.201 e. The Balaban J connectivity index is 1.41. The zero-order valence-corrected chi connectivity index (χ0v) is 21.7. The molecule has 0 aliphatic heterocycles. The third-order valence-electron chi connectivity index (χ3n) is 7.28. The van der Waals surface area contributed by atoms with Crippen molar-refractivity contribution in [2.45, 2.75) is 70.7 Å². The first-order valence-corrected chi connectivity index (χ1v) is 13.0. The minimum atomic E-state index is -1.32. The van der Waals surface area contributed by atoms with Crippen LogP contribution < -0.4 is 4.74 Å². The van der Waals surface area contributed by atoms with Crippen molar-refractivity contribution < 1.29 is 40.9 Å². The van der Waals surface area contributed by atoms with Crippen molar-refractivity contribution in [2.24, 2.45) is 0 Å². The summed E-state index contributed by atoms with van der Waals surface area (Å²) in [4.78, 5) is 0. The van der Waals surface area contributed by atoms with Gasteiger partial charge in [-0.25, -0.2) is 22.0 Å². The highest BCUT2D eigenvalue weighted by Crippen LogP contribution is 2.39. The van der Waals surface area contributed by atoms with Crippen LogP contribution in [0.25, 0.3) is 11.1 Å². The van der Waals surface area contributed by atoms with Crippen molar-refractivity contribution >= 4 is 0 Å². The van der Waals surface area contributed by atoms with E-state index in [0.29, 0.717) is 25.7 Å². The van der Waals surface area contributed by atoms with E-state index in [1.165, 1.54) is 30.3 Å². The fourth-order valence-corrected chi connectivity index (χ4v) is 5.04. The average molecular weight is 553 g/mol. The number of ether oxygens (including phenoxy) is 2. The number of hydrogen-bond donors (Lipinski definition) is 1. The molecule has 0 radical (unpaired) electrons. The highest BCUT2D eigenvalue weighted by atomic mass is 19.2. The molecule has 0 aromatic heterocycles. The Morgan fingerprint density at radius 3 is 2.03 bits per heavy atom. The molecule has 1 aliphatic carbocycles. The first-order valence-electron chi connectivity index (χ1n) is 13.0. The first-order chi connectivity index (χ1) is 18.7. The SMILES string of the molecule is CCOc1ccc(-c2ccc(C3CCC(OCc4ccc(C(O)CC)c(F)c4F)CC3)c(F)c2F)c(F)c1F. The second kappa shape index (κ2) is 12.4. The standard InChI is InChI=1S/C30H30F6O3/c1-3-23(37)22-10-7-17(25(31)29(22)35)15-39-18-8-5-16(6-9-18)19-11-12-20(27(33)26(19)32)21-13-14-24(38-4-2)30(36)28(21)34/h7,10-14,16,18,23,37H,3-6,8-9,15H2,1-2H3. The van der Waals surface area contributed by atoms with Crippen LogP contribution in [0.5, 0.6) is 5.75 Å². The van der Waals surface area contributed by atoms with E-state index >= 15 is 8.78 Å². The average Bonchev–Trinajstić information content (AvgIpc) is 2.94. The van der Waals surface area contributed by atoms with Gasteiger partial charge in [-0.3, -0.25) is 0 Å². The molecular formula is C30H30F6O3. The van der Waals surface area contributed by atoms with Gasteiger partial charge in [0.1, 0.15) is 0 Å². The summed E-state index contributed by atoms with van der Waals surface area (Å²) in [5, 5.41) is 9.81. The summed E-state index contributed by atoms with van der Waals surface area (Å²) < 4.78 is 98.5. The highest BCUT2D eigenvalue weighted by Gasteiger charge is 2.28. The molecule has 0 saturated heterocycles. The number of rotatable bonds is 9. The van der Waals surface area contributed by atoms with Crippen LogP contribution in [0.3, 0.4) is 0 Å². The highest BCUT2D eigenvalue weighted by molar-refractivity contribution is 5.66. The molecule has 1 saturated carbocycles. The molecule has 9 heteroatoms. The van der Waals surface area contributed by atoms with Gasteiger partial charge in [-0.2, -0.15) is 4.39 Å². The molecule has 1 fully saturated rings. The molecule has 0 bridgehead atoms. The van der Waals surface area contributed by atoms with Crippen LogP contribution in [0.4, 0.5) is 26.3 Å². The molecule has 39 heavy (non-hydrogen) atoms. The summed E-state index contributed by atoms with van der Waals surface area (Å²) in [6.07, 6.45) is 0.782. The van der Waals surface area contributed by atoms with Crippen LogP contribution in [0.1, 0.15) is 74.7 Å². The fraction of sp³-hybridized carbons (Fsp3) is 0.400. The molecule has 4 rings (SSSR count). The molecule has 0 amide bonds. The van der Waals surface area contributed by atoms with Crippen LogP contribution in [-0.2, 0) is 11.3 Å². The lowest BCUT2D eigenvalue weighted by Gasteiger charge is -2.29. The summed E-state index contributed by atoms with van der Waals surface area (Å²) >= 11 is 0. The molecule has 1 aliphatic rings. The molecule has 1 N–H and O–H groups in total. The summed E-state index contributed by atoms with van der Waals surface area (Å²) in [6, 6.07) is 7.68. The van der Waals surface area contributed by atoms with Crippen molar-refractivity contribution in [1.82, 2.24) is 0 Å². The van der Waals surface area contributed by atoms with Gasteiger partial charge >= 0.3 is 0 Å². The van der Waals surface area contributed by atoms with Gasteiger partial charge in [-0.15, -0.1) is 0 Å². The van der Waals surface area contributed by atoms with Crippen LogP contribution in [0.15, 0.2) is 36.4 Å². The van der Waals surface area contributed by atoms with E-state index in [2.05, 4.69) is 0 Å². The largest absolute Gasteiger partial charge is 0.491 e. The van der Waals surface area contributed by atoms with E-state index in [4.69, 9.17) is 9.47 Å². The molecule has 1 unspecified atom stereocenters. The smallest absolute Gasteiger partial charge is 0.201 e. The lowest BCUT2D eigenvalue weighted by molar-refractivity contribution is 0.0116. The van der Waals surface area contributed by atoms with E-state index in [0.717, 1.165) is 6.07 Å². The minimum Gasteiger partial charge on any atom is -0.491 e. The van der Waals surface area contributed by atoms with Gasteiger partial charge in [0.15, 0.2) is 34.8 Å². The monoisotopic (exact) mass is 552 g/mol. The Hall–Kier alpha value is -3.04. The van der Waals surface area contributed by atoms with Crippen LogP contribution in [0, 0.1) is 34.9 Å². The molecule has 210 valence electrons. The second-order valence-electron chi connectivity index (χ2n) is 9.65. The fourth-order valence-electron chi connectivity index (χ4n) is 5.04. The van der Waals surface area contributed by atoms with Crippen molar-refractivity contribution in [3.8, 4) is 16.9 Å². The first kappa shape index (κ1) is 29.0. The molecule has 1 atom stereocenters. The normalized spacial score (nSPS) is 18.3. The van der Waals surface area contributed by atoms with E-state index in [-0.39, 0.29) is 59.7 Å². The topological polar surface area (TPSA) is 38.7 Å². The Kier molecular flexibility index (Phi) is 9.23. The Morgan fingerprint density at radius 2 is 1.38 bits per heavy atom. The van der Waals surface area contributed by atoms with E-state index in [9.17, 15) is 22.7 Å². The molecule has 3 nitrogen and oxygen atoms in total.